The Kier molecular flexibility index (Phi) is 8.03. The van der Waals surface area contributed by atoms with E-state index < -0.39 is 7.12 Å². The fourth-order valence-electron chi connectivity index (χ4n) is 5.35. The number of ether oxygens (including phenoxy) is 1. The van der Waals surface area contributed by atoms with Crippen molar-refractivity contribution in [2.75, 3.05) is 19.8 Å². The molecule has 174 valence electrons. The second kappa shape index (κ2) is 10.9. The van der Waals surface area contributed by atoms with Gasteiger partial charge >= 0.3 is 7.12 Å². The van der Waals surface area contributed by atoms with E-state index in [9.17, 15) is 14.6 Å². The van der Waals surface area contributed by atoms with Gasteiger partial charge in [0, 0.05) is 30.6 Å². The summed E-state index contributed by atoms with van der Waals surface area (Å²) in [6.45, 7) is 4.46. The topological polar surface area (TPSA) is 84.9 Å². The maximum absolute atomic E-state index is 12.8. The van der Waals surface area contributed by atoms with Gasteiger partial charge < -0.3 is 19.7 Å². The molecule has 0 spiro atoms. The van der Waals surface area contributed by atoms with Crippen molar-refractivity contribution in [3.05, 3.63) is 29.3 Å². The van der Waals surface area contributed by atoms with Crippen LogP contribution in [0, 0.1) is 11.8 Å². The van der Waals surface area contributed by atoms with E-state index in [2.05, 4.69) is 5.32 Å². The van der Waals surface area contributed by atoms with Gasteiger partial charge in [0.2, 0.25) is 0 Å². The molecule has 1 saturated carbocycles. The first-order valence-electron chi connectivity index (χ1n) is 12.3. The van der Waals surface area contributed by atoms with Crippen LogP contribution in [0.15, 0.2) is 18.2 Å². The summed E-state index contributed by atoms with van der Waals surface area (Å²) < 4.78 is 10.9. The molecule has 6 nitrogen and oxygen atoms in total. The molecule has 1 atom stereocenters. The van der Waals surface area contributed by atoms with Gasteiger partial charge in [0.1, 0.15) is 11.5 Å². The monoisotopic (exact) mass is 441 g/mol. The standard InChI is InChI=1S/C25H36BNO5/c1-17(28)24-6-2-5-20-13-21(26(30)32-25(20)24)14-23(29)12-18-7-9-22(10-8-18)27-11-3-4-19-15-31-16-19/h2,5-6,18-19,21-22,27,30H,3-4,7-16H2,1H3/t18?,21-,22?/m1/s1. The normalized spacial score (nSPS) is 25.6. The van der Waals surface area contributed by atoms with E-state index in [4.69, 9.17) is 9.39 Å². The Morgan fingerprint density at radius 3 is 2.59 bits per heavy atom. The van der Waals surface area contributed by atoms with Crippen LogP contribution < -0.4 is 9.97 Å². The average molecular weight is 441 g/mol. The van der Waals surface area contributed by atoms with Crippen LogP contribution in [-0.4, -0.2) is 49.5 Å². The number of ketones is 2. The predicted octanol–water partition coefficient (Wildman–Crippen LogP) is 3.60. The van der Waals surface area contributed by atoms with Crippen LogP contribution in [0.5, 0.6) is 5.75 Å². The second-order valence-electron chi connectivity index (χ2n) is 9.99. The number of benzene rings is 1. The first-order valence-corrected chi connectivity index (χ1v) is 12.3. The van der Waals surface area contributed by atoms with Gasteiger partial charge in [0.15, 0.2) is 5.78 Å². The lowest BCUT2D eigenvalue weighted by molar-refractivity contribution is -0.120. The van der Waals surface area contributed by atoms with Crippen molar-refractivity contribution in [3.63, 3.8) is 0 Å². The number of fused-ring (bicyclic) bond motifs is 1. The molecule has 0 bridgehead atoms. The van der Waals surface area contributed by atoms with Crippen LogP contribution >= 0.6 is 0 Å². The quantitative estimate of drug-likeness (QED) is 0.328. The highest BCUT2D eigenvalue weighted by atomic mass is 16.5. The molecule has 32 heavy (non-hydrogen) atoms. The molecule has 1 aromatic carbocycles. The molecule has 0 radical (unpaired) electrons. The Hall–Kier alpha value is -1.70. The highest BCUT2D eigenvalue weighted by Gasteiger charge is 2.37. The Bertz CT molecular complexity index is 804. The van der Waals surface area contributed by atoms with Crippen LogP contribution in [0.1, 0.15) is 74.2 Å². The molecular weight excluding hydrogens is 405 g/mol. The predicted molar refractivity (Wildman–Crippen MR) is 124 cm³/mol. The van der Waals surface area contributed by atoms with Gasteiger partial charge in [0.05, 0.1) is 18.8 Å². The van der Waals surface area contributed by atoms with Crippen molar-refractivity contribution < 1.29 is 24.0 Å². The molecule has 3 aliphatic rings. The summed E-state index contributed by atoms with van der Waals surface area (Å²) >= 11 is 0. The summed E-state index contributed by atoms with van der Waals surface area (Å²) in [5, 5.41) is 14.2. The third-order valence-corrected chi connectivity index (χ3v) is 7.38. The number of Topliss-reactive ketones (excluding diaryl/α,β-unsaturated/α-hetero) is 2. The number of hydrogen-bond donors (Lipinski definition) is 2. The molecule has 0 unspecified atom stereocenters. The van der Waals surface area contributed by atoms with Crippen molar-refractivity contribution in [1.29, 1.82) is 0 Å². The van der Waals surface area contributed by atoms with E-state index in [-0.39, 0.29) is 17.4 Å². The zero-order valence-electron chi connectivity index (χ0n) is 19.2. The van der Waals surface area contributed by atoms with E-state index in [1.807, 2.05) is 12.1 Å². The molecule has 1 aliphatic carbocycles. The largest absolute Gasteiger partial charge is 0.535 e. The zero-order valence-corrected chi connectivity index (χ0v) is 19.2. The fourth-order valence-corrected chi connectivity index (χ4v) is 5.35. The minimum absolute atomic E-state index is 0.0818. The summed E-state index contributed by atoms with van der Waals surface area (Å²) in [6, 6.07) is 6.05. The first-order chi connectivity index (χ1) is 15.5. The van der Waals surface area contributed by atoms with E-state index in [0.29, 0.717) is 42.5 Å². The van der Waals surface area contributed by atoms with Crippen LogP contribution in [0.3, 0.4) is 0 Å². The van der Waals surface area contributed by atoms with E-state index >= 15 is 0 Å². The van der Waals surface area contributed by atoms with Crippen molar-refractivity contribution in [2.24, 2.45) is 11.8 Å². The van der Waals surface area contributed by atoms with Crippen LogP contribution in [-0.2, 0) is 16.0 Å². The van der Waals surface area contributed by atoms with Crippen LogP contribution in [0.2, 0.25) is 5.82 Å². The molecule has 0 amide bonds. The van der Waals surface area contributed by atoms with E-state index in [0.717, 1.165) is 56.9 Å². The lowest BCUT2D eigenvalue weighted by Crippen LogP contribution is -2.36. The van der Waals surface area contributed by atoms with Gasteiger partial charge in [-0.05, 0) is 76.0 Å². The summed E-state index contributed by atoms with van der Waals surface area (Å²) in [5.74, 6) is 1.58. The van der Waals surface area contributed by atoms with Crippen molar-refractivity contribution in [3.8, 4) is 5.75 Å². The summed E-state index contributed by atoms with van der Waals surface area (Å²) in [6.07, 6.45) is 8.42. The number of carbonyl (C=O) groups excluding carboxylic acids is 2. The highest BCUT2D eigenvalue weighted by molar-refractivity contribution is 6.47. The van der Waals surface area contributed by atoms with Gasteiger partial charge in [-0.1, -0.05) is 12.1 Å². The van der Waals surface area contributed by atoms with E-state index in [1.165, 1.54) is 19.8 Å². The Balaban J connectivity index is 1.17. The van der Waals surface area contributed by atoms with Gasteiger partial charge in [-0.2, -0.15) is 0 Å². The average Bonchev–Trinajstić information content (AvgIpc) is 2.73. The Morgan fingerprint density at radius 2 is 1.91 bits per heavy atom. The van der Waals surface area contributed by atoms with Gasteiger partial charge in [0.25, 0.3) is 0 Å². The third-order valence-electron chi connectivity index (χ3n) is 7.38. The minimum atomic E-state index is -1.04. The van der Waals surface area contributed by atoms with E-state index in [1.54, 1.807) is 6.07 Å². The molecule has 2 heterocycles. The maximum Gasteiger partial charge on any atom is 0.526 e. The SMILES string of the molecule is CC(=O)c1cccc2c1OB(O)[C@@H](CC(=O)CC1CCC(NCCCC3COC3)CC1)C2. The third kappa shape index (κ3) is 6.00. The maximum atomic E-state index is 12.8. The summed E-state index contributed by atoms with van der Waals surface area (Å²) in [5.41, 5.74) is 1.39. The minimum Gasteiger partial charge on any atom is -0.535 e. The number of rotatable bonds is 10. The van der Waals surface area contributed by atoms with Gasteiger partial charge in [-0.15, -0.1) is 0 Å². The Morgan fingerprint density at radius 1 is 1.12 bits per heavy atom. The molecule has 2 aliphatic heterocycles. The summed E-state index contributed by atoms with van der Waals surface area (Å²) in [4.78, 5) is 24.6. The fraction of sp³-hybridized carbons (Fsp3) is 0.680. The molecule has 7 heteroatoms. The molecule has 2 fully saturated rings. The van der Waals surface area contributed by atoms with Crippen molar-refractivity contribution in [1.82, 2.24) is 5.32 Å². The first kappa shape index (κ1) is 23.5. The number of hydrogen-bond acceptors (Lipinski definition) is 6. The summed E-state index contributed by atoms with van der Waals surface area (Å²) in [7, 11) is -1.04. The number of carbonyl (C=O) groups is 2. The number of para-hydroxylation sites is 1. The molecule has 1 saturated heterocycles. The second-order valence-corrected chi connectivity index (χ2v) is 9.99. The van der Waals surface area contributed by atoms with Crippen LogP contribution in [0.4, 0.5) is 0 Å². The smallest absolute Gasteiger partial charge is 0.526 e. The lowest BCUT2D eigenvalue weighted by Gasteiger charge is -2.31. The van der Waals surface area contributed by atoms with Crippen molar-refractivity contribution in [2.45, 2.75) is 76.6 Å². The lowest BCUT2D eigenvalue weighted by atomic mass is 9.64. The van der Waals surface area contributed by atoms with Gasteiger partial charge in [-0.3, -0.25) is 9.59 Å². The highest BCUT2D eigenvalue weighted by Crippen LogP contribution is 2.37. The zero-order chi connectivity index (χ0) is 22.5. The molecule has 2 N–H and O–H groups in total. The Labute approximate surface area is 191 Å². The molecule has 0 aromatic heterocycles. The van der Waals surface area contributed by atoms with Crippen molar-refractivity contribution >= 4 is 18.7 Å². The molecule has 4 rings (SSSR count). The number of nitrogens with one attached hydrogen (secondary N) is 1. The molecular formula is C25H36BNO5. The molecule has 1 aromatic rings. The van der Waals surface area contributed by atoms with Crippen LogP contribution in [0.25, 0.3) is 0 Å². The van der Waals surface area contributed by atoms with Gasteiger partial charge in [-0.25, -0.2) is 0 Å².